The van der Waals surface area contributed by atoms with Gasteiger partial charge in [-0.05, 0) is 48.9 Å². The highest BCUT2D eigenvalue weighted by atomic mass is 32.2. The molecule has 0 aliphatic heterocycles. The number of carboxylic acids is 1. The van der Waals surface area contributed by atoms with Crippen LogP contribution in [0.15, 0.2) is 47.4 Å². The molecule has 0 saturated carbocycles. The van der Waals surface area contributed by atoms with Crippen molar-refractivity contribution in [2.75, 3.05) is 11.8 Å². The van der Waals surface area contributed by atoms with Crippen molar-refractivity contribution in [2.24, 2.45) is 0 Å². The van der Waals surface area contributed by atoms with E-state index in [0.717, 1.165) is 6.07 Å². The van der Waals surface area contributed by atoms with E-state index in [1.165, 1.54) is 43.5 Å². The molecule has 0 aromatic heterocycles. The van der Waals surface area contributed by atoms with E-state index in [0.29, 0.717) is 5.56 Å². The van der Waals surface area contributed by atoms with Gasteiger partial charge >= 0.3 is 11.9 Å². The van der Waals surface area contributed by atoms with Crippen LogP contribution in [0.25, 0.3) is 0 Å². The maximum Gasteiger partial charge on any atom is 0.337 e. The average Bonchev–Trinajstić information content (AvgIpc) is 2.54. The van der Waals surface area contributed by atoms with Crippen LogP contribution in [0.2, 0.25) is 0 Å². The highest BCUT2D eigenvalue weighted by Crippen LogP contribution is 2.20. The summed E-state index contributed by atoms with van der Waals surface area (Å²) in [6.45, 7) is 1.58. The lowest BCUT2D eigenvalue weighted by Gasteiger charge is -2.10. The van der Waals surface area contributed by atoms with E-state index in [2.05, 4.69) is 9.46 Å². The number of hydrogen-bond acceptors (Lipinski definition) is 5. The van der Waals surface area contributed by atoms with Crippen molar-refractivity contribution in [3.8, 4) is 0 Å². The molecule has 7 nitrogen and oxygen atoms in total. The minimum Gasteiger partial charge on any atom is -0.478 e. The summed E-state index contributed by atoms with van der Waals surface area (Å²) in [6.07, 6.45) is 0. The summed E-state index contributed by atoms with van der Waals surface area (Å²) < 4.78 is 31.6. The number of benzene rings is 2. The lowest BCUT2D eigenvalue weighted by atomic mass is 10.1. The second-order valence-corrected chi connectivity index (χ2v) is 6.64. The van der Waals surface area contributed by atoms with Gasteiger partial charge in [-0.3, -0.25) is 4.72 Å². The standard InChI is InChI=1S/C16H15NO6S/c1-10-3-8-13(9-14(10)15(18)19)24(21,22)17-12-6-4-11(5-7-12)16(20)23-2/h3-9,17H,1-2H3,(H,18,19). The molecule has 0 atom stereocenters. The molecular formula is C16H15NO6S. The molecule has 126 valence electrons. The highest BCUT2D eigenvalue weighted by molar-refractivity contribution is 7.92. The molecule has 0 unspecified atom stereocenters. The average molecular weight is 349 g/mol. The molecule has 0 saturated heterocycles. The zero-order valence-corrected chi connectivity index (χ0v) is 13.8. The number of carbonyl (C=O) groups is 2. The molecule has 0 fully saturated rings. The highest BCUT2D eigenvalue weighted by Gasteiger charge is 2.18. The van der Waals surface area contributed by atoms with Gasteiger partial charge < -0.3 is 9.84 Å². The van der Waals surface area contributed by atoms with Crippen molar-refractivity contribution in [3.63, 3.8) is 0 Å². The van der Waals surface area contributed by atoms with E-state index < -0.39 is 22.0 Å². The van der Waals surface area contributed by atoms with Crippen LogP contribution in [-0.2, 0) is 14.8 Å². The summed E-state index contributed by atoms with van der Waals surface area (Å²) in [5.74, 6) is -1.74. The van der Waals surface area contributed by atoms with E-state index in [-0.39, 0.29) is 21.7 Å². The Morgan fingerprint density at radius 3 is 2.25 bits per heavy atom. The Hall–Kier alpha value is -2.87. The van der Waals surface area contributed by atoms with Crippen molar-refractivity contribution in [2.45, 2.75) is 11.8 Å². The van der Waals surface area contributed by atoms with Gasteiger partial charge in [-0.15, -0.1) is 0 Å². The van der Waals surface area contributed by atoms with Crippen LogP contribution >= 0.6 is 0 Å². The number of hydrogen-bond donors (Lipinski definition) is 2. The quantitative estimate of drug-likeness (QED) is 0.802. The third-order valence-corrected chi connectivity index (χ3v) is 4.69. The minimum atomic E-state index is -3.95. The maximum atomic E-state index is 12.4. The van der Waals surface area contributed by atoms with Gasteiger partial charge in [0.2, 0.25) is 0 Å². The van der Waals surface area contributed by atoms with Crippen molar-refractivity contribution in [1.82, 2.24) is 0 Å². The summed E-state index contributed by atoms with van der Waals surface area (Å²) in [7, 11) is -2.71. The SMILES string of the molecule is COC(=O)c1ccc(NS(=O)(=O)c2ccc(C)c(C(=O)O)c2)cc1. The molecule has 2 aromatic rings. The molecule has 8 heteroatoms. The van der Waals surface area contributed by atoms with Crippen LogP contribution in [0.3, 0.4) is 0 Å². The number of anilines is 1. The predicted octanol–water partition coefficient (Wildman–Crippen LogP) is 2.28. The smallest absolute Gasteiger partial charge is 0.337 e. The number of aryl methyl sites for hydroxylation is 1. The van der Waals surface area contributed by atoms with Crippen LogP contribution in [0, 0.1) is 6.92 Å². The van der Waals surface area contributed by atoms with Gasteiger partial charge in [0, 0.05) is 5.69 Å². The third kappa shape index (κ3) is 3.72. The first kappa shape index (κ1) is 17.5. The first-order chi connectivity index (χ1) is 11.2. The first-order valence-electron chi connectivity index (χ1n) is 6.80. The number of ether oxygens (including phenoxy) is 1. The molecule has 2 N–H and O–H groups in total. The zero-order chi connectivity index (χ0) is 17.9. The van der Waals surface area contributed by atoms with Gasteiger partial charge in [0.05, 0.1) is 23.1 Å². The molecule has 24 heavy (non-hydrogen) atoms. The second-order valence-electron chi connectivity index (χ2n) is 4.96. The molecule has 0 bridgehead atoms. The Labute approximate surface area is 138 Å². The number of esters is 1. The normalized spacial score (nSPS) is 10.9. The molecule has 0 heterocycles. The number of carbonyl (C=O) groups excluding carboxylic acids is 1. The number of nitrogens with one attached hydrogen (secondary N) is 1. The van der Waals surface area contributed by atoms with Gasteiger partial charge in [0.1, 0.15) is 0 Å². The van der Waals surface area contributed by atoms with Crippen molar-refractivity contribution >= 4 is 27.6 Å². The summed E-state index contributed by atoms with van der Waals surface area (Å²) in [6, 6.07) is 9.52. The van der Waals surface area contributed by atoms with E-state index in [1.807, 2.05) is 0 Å². The lowest BCUT2D eigenvalue weighted by molar-refractivity contribution is 0.0599. The Kier molecular flexibility index (Phi) is 4.89. The summed E-state index contributed by atoms with van der Waals surface area (Å²) in [5.41, 5.74) is 0.895. The summed E-state index contributed by atoms with van der Waals surface area (Å²) in [4.78, 5) is 22.3. The molecule has 0 aliphatic rings. The fraction of sp³-hybridized carbons (Fsp3) is 0.125. The zero-order valence-electron chi connectivity index (χ0n) is 12.9. The van der Waals surface area contributed by atoms with Crippen molar-refractivity contribution in [3.05, 3.63) is 59.2 Å². The lowest BCUT2D eigenvalue weighted by Crippen LogP contribution is -2.14. The van der Waals surface area contributed by atoms with E-state index in [9.17, 15) is 18.0 Å². The van der Waals surface area contributed by atoms with Crippen LogP contribution < -0.4 is 4.72 Å². The minimum absolute atomic E-state index is 0.0843. The molecule has 2 rings (SSSR count). The number of rotatable bonds is 5. The maximum absolute atomic E-state index is 12.4. The summed E-state index contributed by atoms with van der Waals surface area (Å²) in [5, 5.41) is 9.09. The Morgan fingerprint density at radius 2 is 1.71 bits per heavy atom. The molecule has 2 aromatic carbocycles. The van der Waals surface area contributed by atoms with Gasteiger partial charge in [-0.2, -0.15) is 0 Å². The number of methoxy groups -OCH3 is 1. The fourth-order valence-electron chi connectivity index (χ4n) is 2.00. The number of aromatic carboxylic acids is 1. The third-order valence-electron chi connectivity index (χ3n) is 3.31. The molecular weight excluding hydrogens is 334 g/mol. The van der Waals surface area contributed by atoms with E-state index in [4.69, 9.17) is 5.11 Å². The van der Waals surface area contributed by atoms with Gasteiger partial charge in [0.15, 0.2) is 0 Å². The van der Waals surface area contributed by atoms with Gasteiger partial charge in [0.25, 0.3) is 10.0 Å². The van der Waals surface area contributed by atoms with E-state index >= 15 is 0 Å². The first-order valence-corrected chi connectivity index (χ1v) is 8.28. The van der Waals surface area contributed by atoms with Crippen LogP contribution in [-0.4, -0.2) is 32.6 Å². The van der Waals surface area contributed by atoms with Gasteiger partial charge in [-0.1, -0.05) is 6.07 Å². The van der Waals surface area contributed by atoms with Crippen LogP contribution in [0.5, 0.6) is 0 Å². The van der Waals surface area contributed by atoms with E-state index in [1.54, 1.807) is 6.92 Å². The van der Waals surface area contributed by atoms with Gasteiger partial charge in [-0.25, -0.2) is 18.0 Å². The number of carboxylic acid groups (broad SMARTS) is 1. The van der Waals surface area contributed by atoms with Crippen molar-refractivity contribution in [1.29, 1.82) is 0 Å². The monoisotopic (exact) mass is 349 g/mol. The fourth-order valence-corrected chi connectivity index (χ4v) is 3.09. The Morgan fingerprint density at radius 1 is 1.08 bits per heavy atom. The van der Waals surface area contributed by atoms with Crippen molar-refractivity contribution < 1.29 is 27.9 Å². The second kappa shape index (κ2) is 6.71. The Bertz CT molecular complexity index is 887. The predicted molar refractivity (Wildman–Crippen MR) is 86.7 cm³/mol. The van der Waals surface area contributed by atoms with Crippen LogP contribution in [0.1, 0.15) is 26.3 Å². The molecule has 0 aliphatic carbocycles. The largest absolute Gasteiger partial charge is 0.478 e. The molecule has 0 radical (unpaired) electrons. The Balaban J connectivity index is 2.30. The number of sulfonamides is 1. The van der Waals surface area contributed by atoms with Crippen LogP contribution in [0.4, 0.5) is 5.69 Å². The topological polar surface area (TPSA) is 110 Å². The molecule has 0 amide bonds. The summed E-state index contributed by atoms with van der Waals surface area (Å²) >= 11 is 0. The molecule has 0 spiro atoms.